The van der Waals surface area contributed by atoms with Crippen LogP contribution in [-0.2, 0) is 16.1 Å². The maximum atomic E-state index is 12.2. The molecule has 0 N–H and O–H groups in total. The van der Waals surface area contributed by atoms with Crippen LogP contribution in [0.5, 0.6) is 5.75 Å². The molecule has 22 heavy (non-hydrogen) atoms. The molecular weight excluding hydrogens is 280 g/mol. The van der Waals surface area contributed by atoms with E-state index >= 15 is 0 Å². The highest BCUT2D eigenvalue weighted by Crippen LogP contribution is 2.22. The SMILES string of the molecule is COc1ccc2c(ccn2CCC(=O)N2CCC(=O)CC2)c1. The Morgan fingerprint density at radius 1 is 1.23 bits per heavy atom. The lowest BCUT2D eigenvalue weighted by atomic mass is 10.1. The molecule has 1 aromatic heterocycles. The van der Waals surface area contributed by atoms with Crippen LogP contribution < -0.4 is 4.74 Å². The minimum Gasteiger partial charge on any atom is -0.497 e. The summed E-state index contributed by atoms with van der Waals surface area (Å²) in [6, 6.07) is 7.96. The number of amides is 1. The summed E-state index contributed by atoms with van der Waals surface area (Å²) in [7, 11) is 1.65. The van der Waals surface area contributed by atoms with Crippen LogP contribution in [0.4, 0.5) is 0 Å². The van der Waals surface area contributed by atoms with E-state index in [2.05, 4.69) is 4.57 Å². The van der Waals surface area contributed by atoms with Gasteiger partial charge in [-0.1, -0.05) is 0 Å². The van der Waals surface area contributed by atoms with E-state index in [4.69, 9.17) is 4.74 Å². The number of benzene rings is 1. The lowest BCUT2D eigenvalue weighted by molar-refractivity contribution is -0.134. The van der Waals surface area contributed by atoms with E-state index in [1.165, 1.54) is 0 Å². The fourth-order valence-electron chi connectivity index (χ4n) is 2.88. The molecule has 1 aliphatic rings. The van der Waals surface area contributed by atoms with Gasteiger partial charge >= 0.3 is 0 Å². The number of rotatable bonds is 4. The molecule has 1 fully saturated rings. The Bertz CT molecular complexity index is 695. The molecule has 2 heterocycles. The molecule has 1 saturated heterocycles. The molecule has 116 valence electrons. The second-order valence-electron chi connectivity index (χ2n) is 5.60. The van der Waals surface area contributed by atoms with Crippen molar-refractivity contribution in [2.75, 3.05) is 20.2 Å². The number of likely N-dealkylation sites (tertiary alicyclic amines) is 1. The van der Waals surface area contributed by atoms with Crippen molar-refractivity contribution in [3.05, 3.63) is 30.5 Å². The van der Waals surface area contributed by atoms with E-state index < -0.39 is 0 Å². The summed E-state index contributed by atoms with van der Waals surface area (Å²) in [5.74, 6) is 1.22. The molecule has 0 unspecified atom stereocenters. The molecule has 3 rings (SSSR count). The zero-order valence-corrected chi connectivity index (χ0v) is 12.7. The van der Waals surface area contributed by atoms with Crippen LogP contribution in [-0.4, -0.2) is 41.4 Å². The van der Waals surface area contributed by atoms with Gasteiger partial charge in [0.15, 0.2) is 0 Å². The Morgan fingerprint density at radius 2 is 2.00 bits per heavy atom. The van der Waals surface area contributed by atoms with Gasteiger partial charge in [0, 0.05) is 56.0 Å². The predicted molar refractivity (Wildman–Crippen MR) is 83.9 cm³/mol. The summed E-state index contributed by atoms with van der Waals surface area (Å²) in [6.45, 7) is 1.79. The number of fused-ring (bicyclic) bond motifs is 1. The maximum Gasteiger partial charge on any atom is 0.224 e. The average Bonchev–Trinajstić information content (AvgIpc) is 2.95. The van der Waals surface area contributed by atoms with Crippen LogP contribution in [0.25, 0.3) is 10.9 Å². The van der Waals surface area contributed by atoms with Crippen LogP contribution in [0.15, 0.2) is 30.5 Å². The third-order valence-corrected chi connectivity index (χ3v) is 4.22. The Labute approximate surface area is 129 Å². The largest absolute Gasteiger partial charge is 0.497 e. The molecule has 5 heteroatoms. The molecule has 0 spiro atoms. The first-order valence-corrected chi connectivity index (χ1v) is 7.60. The molecule has 0 atom stereocenters. The molecule has 1 aromatic carbocycles. The molecular formula is C17H20N2O3. The Morgan fingerprint density at radius 3 is 2.73 bits per heavy atom. The van der Waals surface area contributed by atoms with E-state index in [0.717, 1.165) is 16.7 Å². The number of aryl methyl sites for hydroxylation is 1. The third-order valence-electron chi connectivity index (χ3n) is 4.22. The lowest BCUT2D eigenvalue weighted by Gasteiger charge is -2.26. The van der Waals surface area contributed by atoms with Crippen molar-refractivity contribution in [2.24, 2.45) is 0 Å². The normalized spacial score (nSPS) is 15.3. The number of hydrogen-bond donors (Lipinski definition) is 0. The van der Waals surface area contributed by atoms with Crippen LogP contribution in [0.2, 0.25) is 0 Å². The van der Waals surface area contributed by atoms with Gasteiger partial charge < -0.3 is 14.2 Å². The summed E-state index contributed by atoms with van der Waals surface area (Å²) < 4.78 is 7.31. The summed E-state index contributed by atoms with van der Waals surface area (Å²) in [5, 5.41) is 1.11. The Kier molecular flexibility index (Phi) is 4.13. The minimum absolute atomic E-state index is 0.128. The number of nitrogens with zero attached hydrogens (tertiary/aromatic N) is 2. The van der Waals surface area contributed by atoms with E-state index in [9.17, 15) is 9.59 Å². The summed E-state index contributed by atoms with van der Waals surface area (Å²) in [6.07, 6.45) is 3.46. The predicted octanol–water partition coefficient (Wildman–Crippen LogP) is 2.23. The van der Waals surface area contributed by atoms with Crippen molar-refractivity contribution in [3.63, 3.8) is 0 Å². The monoisotopic (exact) mass is 300 g/mol. The van der Waals surface area contributed by atoms with Gasteiger partial charge in [-0.2, -0.15) is 0 Å². The van der Waals surface area contributed by atoms with Gasteiger partial charge in [-0.15, -0.1) is 0 Å². The van der Waals surface area contributed by atoms with Crippen LogP contribution in [0, 0.1) is 0 Å². The van der Waals surface area contributed by atoms with Gasteiger partial charge in [0.1, 0.15) is 11.5 Å². The topological polar surface area (TPSA) is 51.5 Å². The van der Waals surface area contributed by atoms with E-state index in [1.807, 2.05) is 30.5 Å². The fourth-order valence-corrected chi connectivity index (χ4v) is 2.88. The van der Waals surface area contributed by atoms with E-state index in [1.54, 1.807) is 12.0 Å². The number of aromatic nitrogens is 1. The van der Waals surface area contributed by atoms with Gasteiger partial charge in [0.05, 0.1) is 7.11 Å². The number of ketones is 1. The standard InChI is InChI=1S/C17H20N2O3/c1-22-15-2-3-16-13(12-15)4-8-18(16)11-7-17(21)19-9-5-14(20)6-10-19/h2-4,8,12H,5-7,9-11H2,1H3. The number of hydrogen-bond acceptors (Lipinski definition) is 3. The van der Waals surface area contributed by atoms with Crippen molar-refractivity contribution >= 4 is 22.6 Å². The van der Waals surface area contributed by atoms with Gasteiger partial charge in [0.2, 0.25) is 5.91 Å². The second kappa shape index (κ2) is 6.22. The Balaban J connectivity index is 1.64. The highest BCUT2D eigenvalue weighted by Gasteiger charge is 2.20. The molecule has 1 aliphatic heterocycles. The number of piperidine rings is 1. The number of carbonyl (C=O) groups excluding carboxylic acids is 2. The van der Waals surface area contributed by atoms with Crippen molar-refractivity contribution < 1.29 is 14.3 Å². The van der Waals surface area contributed by atoms with Gasteiger partial charge in [-0.3, -0.25) is 9.59 Å². The smallest absolute Gasteiger partial charge is 0.224 e. The van der Waals surface area contributed by atoms with Crippen molar-refractivity contribution in [2.45, 2.75) is 25.8 Å². The second-order valence-corrected chi connectivity index (χ2v) is 5.60. The highest BCUT2D eigenvalue weighted by molar-refractivity contribution is 5.84. The van der Waals surface area contributed by atoms with Gasteiger partial charge in [0.25, 0.3) is 0 Å². The van der Waals surface area contributed by atoms with Crippen LogP contribution >= 0.6 is 0 Å². The molecule has 0 aliphatic carbocycles. The third kappa shape index (κ3) is 2.98. The van der Waals surface area contributed by atoms with Gasteiger partial charge in [-0.25, -0.2) is 0 Å². The van der Waals surface area contributed by atoms with E-state index in [-0.39, 0.29) is 11.7 Å². The average molecular weight is 300 g/mol. The number of carbonyl (C=O) groups is 2. The minimum atomic E-state index is 0.128. The van der Waals surface area contributed by atoms with Crippen LogP contribution in [0.3, 0.4) is 0 Å². The highest BCUT2D eigenvalue weighted by atomic mass is 16.5. The molecule has 0 bridgehead atoms. The lowest BCUT2D eigenvalue weighted by Crippen LogP contribution is -2.38. The van der Waals surface area contributed by atoms with Gasteiger partial charge in [-0.05, 0) is 24.3 Å². The first-order valence-electron chi connectivity index (χ1n) is 7.60. The molecule has 0 radical (unpaired) electrons. The van der Waals surface area contributed by atoms with E-state index in [0.29, 0.717) is 38.9 Å². The maximum absolute atomic E-state index is 12.2. The fraction of sp³-hybridized carbons (Fsp3) is 0.412. The van der Waals surface area contributed by atoms with Crippen molar-refractivity contribution in [3.8, 4) is 5.75 Å². The molecule has 2 aromatic rings. The summed E-state index contributed by atoms with van der Waals surface area (Å²) in [5.41, 5.74) is 1.10. The summed E-state index contributed by atoms with van der Waals surface area (Å²) in [4.78, 5) is 25.2. The first kappa shape index (κ1) is 14.6. The Hall–Kier alpha value is -2.30. The quantitative estimate of drug-likeness (QED) is 0.870. The zero-order chi connectivity index (χ0) is 15.5. The number of methoxy groups -OCH3 is 1. The molecule has 1 amide bonds. The molecule has 0 saturated carbocycles. The zero-order valence-electron chi connectivity index (χ0n) is 12.7. The number of Topliss-reactive ketones (excluding diaryl/α,β-unsaturated/α-hetero) is 1. The van der Waals surface area contributed by atoms with Crippen molar-refractivity contribution in [1.29, 1.82) is 0 Å². The molecule has 5 nitrogen and oxygen atoms in total. The van der Waals surface area contributed by atoms with Crippen molar-refractivity contribution in [1.82, 2.24) is 9.47 Å². The first-order chi connectivity index (χ1) is 10.7. The summed E-state index contributed by atoms with van der Waals surface area (Å²) >= 11 is 0. The number of ether oxygens (including phenoxy) is 1. The van der Waals surface area contributed by atoms with Crippen LogP contribution in [0.1, 0.15) is 19.3 Å².